The second-order valence-corrected chi connectivity index (χ2v) is 1.34. The molecule has 3 heteroatoms. The Morgan fingerprint density at radius 3 is 2.12 bits per heavy atom. The molecule has 0 bridgehead atoms. The zero-order valence-electron chi connectivity index (χ0n) is 4.19. The fraction of sp³-hybridized carbons (Fsp3) is 0. The van der Waals surface area contributed by atoms with Crippen LogP contribution in [0.15, 0.2) is 35.9 Å². The molecular weight excluding hydrogens is 104 g/mol. The molecule has 0 amide bonds. The SMILES string of the molecule is O=N[n+]1ccccc1. The normalized spacial score (nSPS) is 8.50. The van der Waals surface area contributed by atoms with E-state index >= 15 is 0 Å². The fourth-order valence-corrected chi connectivity index (χ4v) is 0.444. The second-order valence-electron chi connectivity index (χ2n) is 1.34. The number of hydrogen-bond donors (Lipinski definition) is 0. The van der Waals surface area contributed by atoms with Gasteiger partial charge in [-0.2, -0.15) is 0 Å². The van der Waals surface area contributed by atoms with Crippen molar-refractivity contribution >= 4 is 0 Å². The van der Waals surface area contributed by atoms with Crippen LogP contribution in [0, 0.1) is 4.91 Å². The molecule has 0 aromatic carbocycles. The lowest BCUT2D eigenvalue weighted by Crippen LogP contribution is -2.23. The molecular formula is C5H5N2O+. The molecule has 0 unspecified atom stereocenters. The van der Waals surface area contributed by atoms with E-state index in [1.165, 1.54) is 4.68 Å². The minimum absolute atomic E-state index is 1.19. The summed E-state index contributed by atoms with van der Waals surface area (Å²) in [7, 11) is 0. The Labute approximate surface area is 46.5 Å². The van der Waals surface area contributed by atoms with Crippen molar-refractivity contribution in [2.24, 2.45) is 5.29 Å². The summed E-state index contributed by atoms with van der Waals surface area (Å²) in [6.07, 6.45) is 3.15. The molecule has 3 nitrogen and oxygen atoms in total. The molecule has 1 rings (SSSR count). The van der Waals surface area contributed by atoms with Gasteiger partial charge in [0.1, 0.15) is 0 Å². The highest BCUT2D eigenvalue weighted by molar-refractivity contribution is 4.83. The van der Waals surface area contributed by atoms with Crippen molar-refractivity contribution in [1.82, 2.24) is 0 Å². The van der Waals surface area contributed by atoms with Crippen molar-refractivity contribution in [3.05, 3.63) is 35.5 Å². The van der Waals surface area contributed by atoms with Crippen molar-refractivity contribution in [3.8, 4) is 0 Å². The lowest BCUT2D eigenvalue weighted by molar-refractivity contribution is -0.681. The quantitative estimate of drug-likeness (QED) is 0.382. The van der Waals surface area contributed by atoms with Crippen LogP contribution in [0.3, 0.4) is 0 Å². The topological polar surface area (TPSA) is 33.3 Å². The Hall–Kier alpha value is -1.25. The standard InChI is InChI=1S/C5H5N2O/c8-6-7-4-2-1-3-5-7/h1-5H/q+1. The van der Waals surface area contributed by atoms with E-state index in [-0.39, 0.29) is 0 Å². The van der Waals surface area contributed by atoms with Crippen LogP contribution in [0.2, 0.25) is 0 Å². The predicted molar refractivity (Wildman–Crippen MR) is 27.8 cm³/mol. The average Bonchev–Trinajstić information content (AvgIpc) is 1.90. The van der Waals surface area contributed by atoms with Crippen LogP contribution in [-0.2, 0) is 0 Å². The molecule has 1 aromatic heterocycles. The van der Waals surface area contributed by atoms with Crippen LogP contribution in [0.1, 0.15) is 0 Å². The molecule has 1 heterocycles. The molecule has 0 spiro atoms. The lowest BCUT2D eigenvalue weighted by Gasteiger charge is -1.72. The van der Waals surface area contributed by atoms with Gasteiger partial charge in [0, 0.05) is 12.1 Å². The first-order chi connectivity index (χ1) is 3.93. The van der Waals surface area contributed by atoms with Crippen molar-refractivity contribution in [3.63, 3.8) is 0 Å². The van der Waals surface area contributed by atoms with E-state index in [0.29, 0.717) is 0 Å². The molecule has 8 heavy (non-hydrogen) atoms. The van der Waals surface area contributed by atoms with E-state index in [1.54, 1.807) is 24.5 Å². The molecule has 0 saturated carbocycles. The highest BCUT2D eigenvalue weighted by Gasteiger charge is 1.89. The summed E-state index contributed by atoms with van der Waals surface area (Å²) < 4.78 is 1.19. The van der Waals surface area contributed by atoms with E-state index in [9.17, 15) is 4.91 Å². The Bertz CT molecular complexity index is 173. The predicted octanol–water partition coefficient (Wildman–Crippen LogP) is 0.504. The van der Waals surface area contributed by atoms with Crippen LogP contribution in [-0.4, -0.2) is 0 Å². The van der Waals surface area contributed by atoms with Crippen LogP contribution < -0.4 is 4.68 Å². The van der Waals surface area contributed by atoms with Gasteiger partial charge in [-0.05, 0) is 4.68 Å². The maximum Gasteiger partial charge on any atom is 0.245 e. The van der Waals surface area contributed by atoms with E-state index in [1.807, 2.05) is 6.07 Å². The molecule has 0 saturated heterocycles. The van der Waals surface area contributed by atoms with Gasteiger partial charge >= 0.3 is 0 Å². The minimum Gasteiger partial charge on any atom is -0.0800 e. The Morgan fingerprint density at radius 2 is 1.75 bits per heavy atom. The first-order valence-electron chi connectivity index (χ1n) is 2.23. The number of aromatic nitrogens is 1. The third kappa shape index (κ3) is 0.872. The van der Waals surface area contributed by atoms with E-state index in [0.717, 1.165) is 0 Å². The van der Waals surface area contributed by atoms with Gasteiger partial charge in [-0.25, -0.2) is 0 Å². The number of nitroso groups, excluding NO2 is 1. The van der Waals surface area contributed by atoms with Gasteiger partial charge in [0.05, 0.1) is 0 Å². The van der Waals surface area contributed by atoms with Crippen molar-refractivity contribution in [2.45, 2.75) is 0 Å². The van der Waals surface area contributed by atoms with Crippen molar-refractivity contribution < 1.29 is 4.68 Å². The average molecular weight is 109 g/mol. The highest BCUT2D eigenvalue weighted by atomic mass is 16.3. The van der Waals surface area contributed by atoms with Gasteiger partial charge in [-0.1, -0.05) is 11.0 Å². The van der Waals surface area contributed by atoms with Crippen LogP contribution in [0.4, 0.5) is 0 Å². The molecule has 0 fully saturated rings. The van der Waals surface area contributed by atoms with Gasteiger partial charge in [0.25, 0.3) is 0 Å². The van der Waals surface area contributed by atoms with Crippen LogP contribution in [0.25, 0.3) is 0 Å². The van der Waals surface area contributed by atoms with Crippen molar-refractivity contribution in [2.75, 3.05) is 0 Å². The Morgan fingerprint density at radius 1 is 1.12 bits per heavy atom. The summed E-state index contributed by atoms with van der Waals surface area (Å²) in [5.41, 5.74) is 0. The minimum atomic E-state index is 1.19. The Kier molecular flexibility index (Phi) is 1.32. The second kappa shape index (κ2) is 2.16. The molecule has 0 radical (unpaired) electrons. The number of nitrogens with zero attached hydrogens (tertiary/aromatic N) is 2. The number of rotatable bonds is 1. The highest BCUT2D eigenvalue weighted by Crippen LogP contribution is 1.73. The third-order valence-electron chi connectivity index (χ3n) is 0.794. The fourth-order valence-electron chi connectivity index (χ4n) is 0.444. The summed E-state index contributed by atoms with van der Waals surface area (Å²) in [5.74, 6) is 0. The lowest BCUT2D eigenvalue weighted by atomic mass is 10.5. The Balaban J connectivity index is 2.99. The molecule has 0 aliphatic carbocycles. The van der Waals surface area contributed by atoms with E-state index in [4.69, 9.17) is 0 Å². The molecule has 0 atom stereocenters. The summed E-state index contributed by atoms with van der Waals surface area (Å²) in [4.78, 5) is 9.72. The first kappa shape index (κ1) is 4.90. The monoisotopic (exact) mass is 109 g/mol. The van der Waals surface area contributed by atoms with Crippen LogP contribution in [0.5, 0.6) is 0 Å². The third-order valence-corrected chi connectivity index (χ3v) is 0.794. The van der Waals surface area contributed by atoms with Gasteiger partial charge in [-0.15, -0.1) is 0 Å². The summed E-state index contributed by atoms with van der Waals surface area (Å²) in [5, 5.41) is 2.64. The van der Waals surface area contributed by atoms with Gasteiger partial charge in [0.2, 0.25) is 17.7 Å². The zero-order valence-corrected chi connectivity index (χ0v) is 4.19. The molecule has 0 aliphatic heterocycles. The smallest absolute Gasteiger partial charge is 0.0800 e. The zero-order chi connectivity index (χ0) is 5.82. The maximum absolute atomic E-state index is 9.72. The van der Waals surface area contributed by atoms with Gasteiger partial charge in [-0.3, -0.25) is 0 Å². The molecule has 0 aliphatic rings. The summed E-state index contributed by atoms with van der Waals surface area (Å²) in [6.45, 7) is 0. The molecule has 1 aromatic rings. The summed E-state index contributed by atoms with van der Waals surface area (Å²) >= 11 is 0. The van der Waals surface area contributed by atoms with Crippen LogP contribution >= 0.6 is 0 Å². The van der Waals surface area contributed by atoms with E-state index in [2.05, 4.69) is 5.29 Å². The maximum atomic E-state index is 9.72. The van der Waals surface area contributed by atoms with E-state index < -0.39 is 0 Å². The van der Waals surface area contributed by atoms with Crippen molar-refractivity contribution in [1.29, 1.82) is 0 Å². The summed E-state index contributed by atoms with van der Waals surface area (Å²) in [6, 6.07) is 5.30. The number of pyridine rings is 1. The number of hydrogen-bond acceptors (Lipinski definition) is 2. The first-order valence-corrected chi connectivity index (χ1v) is 2.23. The van der Waals surface area contributed by atoms with Gasteiger partial charge < -0.3 is 0 Å². The largest absolute Gasteiger partial charge is 0.245 e. The molecule has 0 N–H and O–H groups in total. The molecule has 40 valence electrons. The van der Waals surface area contributed by atoms with Gasteiger partial charge in [0.15, 0.2) is 0 Å².